The highest BCUT2D eigenvalue weighted by Gasteiger charge is 2.02. The van der Waals surface area contributed by atoms with E-state index in [0.29, 0.717) is 17.2 Å². The number of aromatic nitrogens is 1. The van der Waals surface area contributed by atoms with E-state index in [1.807, 2.05) is 18.2 Å². The Morgan fingerprint density at radius 1 is 1.12 bits per heavy atom. The van der Waals surface area contributed by atoms with Crippen molar-refractivity contribution in [1.29, 1.82) is 0 Å². The van der Waals surface area contributed by atoms with E-state index in [0.717, 1.165) is 0 Å². The second kappa shape index (κ2) is 4.98. The third kappa shape index (κ3) is 3.20. The summed E-state index contributed by atoms with van der Waals surface area (Å²) >= 11 is 0. The number of hydrogen-bond donors (Lipinski definition) is 3. The maximum Gasteiger partial charge on any atom is 0.324 e. The highest BCUT2D eigenvalue weighted by atomic mass is 16.2. The molecule has 1 aromatic carbocycles. The van der Waals surface area contributed by atoms with Gasteiger partial charge in [-0.3, -0.25) is 5.32 Å². The van der Waals surface area contributed by atoms with Gasteiger partial charge in [-0.25, -0.2) is 9.78 Å². The number of nitrogens with two attached hydrogens (primary N) is 1. The number of benzene rings is 1. The smallest absolute Gasteiger partial charge is 0.324 e. The average Bonchev–Trinajstić information content (AvgIpc) is 2.30. The molecule has 5 nitrogen and oxygen atoms in total. The summed E-state index contributed by atoms with van der Waals surface area (Å²) in [4.78, 5) is 15.6. The van der Waals surface area contributed by atoms with E-state index in [-0.39, 0.29) is 6.03 Å². The molecule has 0 aliphatic heterocycles. The Kier molecular flexibility index (Phi) is 3.20. The number of amides is 2. The number of carbonyl (C=O) groups excluding carboxylic acids is 1. The van der Waals surface area contributed by atoms with Gasteiger partial charge in [-0.2, -0.15) is 0 Å². The molecule has 0 unspecified atom stereocenters. The number of nitrogens with one attached hydrogen (secondary N) is 2. The number of para-hydroxylation sites is 1. The minimum Gasteiger partial charge on any atom is -0.399 e. The zero-order valence-corrected chi connectivity index (χ0v) is 9.05. The molecule has 2 aromatic rings. The Hall–Kier alpha value is -2.56. The highest BCUT2D eigenvalue weighted by Crippen LogP contribution is 2.09. The van der Waals surface area contributed by atoms with Crippen LogP contribution in [-0.2, 0) is 0 Å². The summed E-state index contributed by atoms with van der Waals surface area (Å²) in [5, 5.41) is 5.27. The first kappa shape index (κ1) is 10.9. The molecule has 17 heavy (non-hydrogen) atoms. The highest BCUT2D eigenvalue weighted by molar-refractivity contribution is 5.99. The van der Waals surface area contributed by atoms with Gasteiger partial charge in [0.1, 0.15) is 5.82 Å². The molecule has 1 heterocycles. The average molecular weight is 228 g/mol. The van der Waals surface area contributed by atoms with E-state index >= 15 is 0 Å². The van der Waals surface area contributed by atoms with Crippen molar-refractivity contribution in [3.63, 3.8) is 0 Å². The van der Waals surface area contributed by atoms with Crippen LogP contribution in [0.4, 0.5) is 22.0 Å². The van der Waals surface area contributed by atoms with Crippen molar-refractivity contribution >= 4 is 23.2 Å². The standard InChI is InChI=1S/C12H12N4O/c13-9-6-7-14-11(8-9)16-12(17)15-10-4-2-1-3-5-10/h1-8H,(H4,13,14,15,16,17). The van der Waals surface area contributed by atoms with Crippen molar-refractivity contribution in [2.24, 2.45) is 0 Å². The molecular weight excluding hydrogens is 216 g/mol. The molecule has 0 aliphatic rings. The lowest BCUT2D eigenvalue weighted by Gasteiger charge is -2.06. The van der Waals surface area contributed by atoms with Gasteiger partial charge in [0.2, 0.25) is 0 Å². The van der Waals surface area contributed by atoms with Crippen LogP contribution in [0.1, 0.15) is 0 Å². The number of nitrogen functional groups attached to an aromatic ring is 1. The first-order valence-corrected chi connectivity index (χ1v) is 5.08. The lowest BCUT2D eigenvalue weighted by atomic mass is 10.3. The molecule has 5 heteroatoms. The molecule has 86 valence electrons. The summed E-state index contributed by atoms with van der Waals surface area (Å²) in [6.45, 7) is 0. The summed E-state index contributed by atoms with van der Waals surface area (Å²) in [5.41, 5.74) is 6.84. The predicted octanol–water partition coefficient (Wildman–Crippen LogP) is 2.31. The lowest BCUT2D eigenvalue weighted by Crippen LogP contribution is -2.20. The maximum absolute atomic E-state index is 11.6. The third-order valence-corrected chi connectivity index (χ3v) is 2.06. The van der Waals surface area contributed by atoms with Gasteiger partial charge in [-0.1, -0.05) is 18.2 Å². The number of carbonyl (C=O) groups is 1. The van der Waals surface area contributed by atoms with Gasteiger partial charge in [-0.15, -0.1) is 0 Å². The second-order valence-electron chi connectivity index (χ2n) is 3.42. The molecule has 0 saturated carbocycles. The van der Waals surface area contributed by atoms with Gasteiger partial charge in [0.05, 0.1) is 0 Å². The topological polar surface area (TPSA) is 80.0 Å². The fraction of sp³-hybridized carbons (Fsp3) is 0. The Bertz CT molecular complexity index is 513. The molecule has 2 amide bonds. The minimum atomic E-state index is -0.352. The number of hydrogen-bond acceptors (Lipinski definition) is 3. The van der Waals surface area contributed by atoms with Gasteiger partial charge in [0, 0.05) is 23.6 Å². The molecule has 0 atom stereocenters. The summed E-state index contributed by atoms with van der Waals surface area (Å²) in [6, 6.07) is 12.0. The molecular formula is C12H12N4O. The predicted molar refractivity (Wildman–Crippen MR) is 67.7 cm³/mol. The van der Waals surface area contributed by atoms with Gasteiger partial charge >= 0.3 is 6.03 Å². The summed E-state index contributed by atoms with van der Waals surface area (Å²) in [7, 11) is 0. The van der Waals surface area contributed by atoms with E-state index in [4.69, 9.17) is 5.73 Å². The van der Waals surface area contributed by atoms with Crippen LogP contribution in [0, 0.1) is 0 Å². The van der Waals surface area contributed by atoms with Crippen LogP contribution >= 0.6 is 0 Å². The quantitative estimate of drug-likeness (QED) is 0.737. The number of nitrogens with zero attached hydrogens (tertiary/aromatic N) is 1. The molecule has 2 rings (SSSR count). The van der Waals surface area contributed by atoms with Crippen LogP contribution in [0.15, 0.2) is 48.7 Å². The molecule has 0 aliphatic carbocycles. The number of anilines is 3. The van der Waals surface area contributed by atoms with Gasteiger partial charge in [-0.05, 0) is 18.2 Å². The zero-order valence-electron chi connectivity index (χ0n) is 9.05. The van der Waals surface area contributed by atoms with E-state index < -0.39 is 0 Å². The second-order valence-corrected chi connectivity index (χ2v) is 3.42. The van der Waals surface area contributed by atoms with E-state index in [1.165, 1.54) is 6.20 Å². The van der Waals surface area contributed by atoms with Gasteiger partial charge in [0.25, 0.3) is 0 Å². The summed E-state index contributed by atoms with van der Waals surface area (Å²) in [6.07, 6.45) is 1.54. The van der Waals surface area contributed by atoms with Crippen LogP contribution < -0.4 is 16.4 Å². The molecule has 0 radical (unpaired) electrons. The molecule has 1 aromatic heterocycles. The molecule has 4 N–H and O–H groups in total. The first-order valence-electron chi connectivity index (χ1n) is 5.08. The third-order valence-electron chi connectivity index (χ3n) is 2.06. The summed E-state index contributed by atoms with van der Waals surface area (Å²) < 4.78 is 0. The van der Waals surface area contributed by atoms with Gasteiger partial charge < -0.3 is 11.1 Å². The van der Waals surface area contributed by atoms with Crippen LogP contribution in [0.3, 0.4) is 0 Å². The Morgan fingerprint density at radius 2 is 1.88 bits per heavy atom. The zero-order chi connectivity index (χ0) is 12.1. The lowest BCUT2D eigenvalue weighted by molar-refractivity contribution is 0.262. The van der Waals surface area contributed by atoms with Crippen molar-refractivity contribution in [2.75, 3.05) is 16.4 Å². The fourth-order valence-electron chi connectivity index (χ4n) is 1.32. The molecule has 0 bridgehead atoms. The van der Waals surface area contributed by atoms with Crippen LogP contribution in [0.2, 0.25) is 0 Å². The Balaban J connectivity index is 1.98. The number of pyridine rings is 1. The molecule has 0 spiro atoms. The Labute approximate surface area is 98.7 Å². The van der Waals surface area contributed by atoms with Crippen LogP contribution in [0.25, 0.3) is 0 Å². The van der Waals surface area contributed by atoms with Crippen LogP contribution in [0.5, 0.6) is 0 Å². The number of urea groups is 1. The van der Waals surface area contributed by atoms with Crippen LogP contribution in [-0.4, -0.2) is 11.0 Å². The number of rotatable bonds is 2. The minimum absolute atomic E-state index is 0.352. The van der Waals surface area contributed by atoms with Crippen molar-refractivity contribution in [3.8, 4) is 0 Å². The first-order chi connectivity index (χ1) is 8.24. The van der Waals surface area contributed by atoms with E-state index in [2.05, 4.69) is 15.6 Å². The SMILES string of the molecule is Nc1ccnc(NC(=O)Nc2ccccc2)c1. The van der Waals surface area contributed by atoms with E-state index in [9.17, 15) is 4.79 Å². The largest absolute Gasteiger partial charge is 0.399 e. The van der Waals surface area contributed by atoms with Crippen molar-refractivity contribution < 1.29 is 4.79 Å². The normalized spacial score (nSPS) is 9.65. The van der Waals surface area contributed by atoms with Crippen molar-refractivity contribution in [1.82, 2.24) is 4.98 Å². The monoisotopic (exact) mass is 228 g/mol. The Morgan fingerprint density at radius 3 is 2.59 bits per heavy atom. The van der Waals surface area contributed by atoms with Crippen molar-refractivity contribution in [3.05, 3.63) is 48.7 Å². The maximum atomic E-state index is 11.6. The van der Waals surface area contributed by atoms with Crippen molar-refractivity contribution in [2.45, 2.75) is 0 Å². The fourth-order valence-corrected chi connectivity index (χ4v) is 1.32. The van der Waals surface area contributed by atoms with E-state index in [1.54, 1.807) is 24.3 Å². The van der Waals surface area contributed by atoms with Gasteiger partial charge in [0.15, 0.2) is 0 Å². The molecule has 0 fully saturated rings. The summed E-state index contributed by atoms with van der Waals surface area (Å²) in [5.74, 6) is 0.415. The molecule has 0 saturated heterocycles.